The number of benzene rings is 1. The summed E-state index contributed by atoms with van der Waals surface area (Å²) in [5.74, 6) is 0.886. The number of para-hydroxylation sites is 1. The molecule has 1 fully saturated rings. The Hall–Kier alpha value is -1.29. The molecule has 1 aromatic carbocycles. The Morgan fingerprint density at radius 2 is 2.11 bits per heavy atom. The SMILES string of the molecule is CC(C)Oc1cccc2c1[nH]c(=S)n2C1(C)CC1. The van der Waals surface area contributed by atoms with Crippen molar-refractivity contribution in [3.63, 3.8) is 0 Å². The molecule has 3 rings (SSSR count). The van der Waals surface area contributed by atoms with E-state index >= 15 is 0 Å². The maximum Gasteiger partial charge on any atom is 0.178 e. The lowest BCUT2D eigenvalue weighted by atomic mass is 10.2. The topological polar surface area (TPSA) is 29.9 Å². The van der Waals surface area contributed by atoms with Crippen LogP contribution in [0.1, 0.15) is 33.6 Å². The molecular formula is C14H18N2OS. The van der Waals surface area contributed by atoms with Crippen LogP contribution in [0.4, 0.5) is 0 Å². The van der Waals surface area contributed by atoms with Crippen LogP contribution in [-0.4, -0.2) is 15.7 Å². The Labute approximate surface area is 112 Å². The summed E-state index contributed by atoms with van der Waals surface area (Å²) in [6.07, 6.45) is 2.56. The van der Waals surface area contributed by atoms with Crippen molar-refractivity contribution in [1.29, 1.82) is 0 Å². The standard InChI is InChI=1S/C14H18N2OS/c1-9(2)17-11-6-4-5-10-12(11)15-13(18)16(10)14(3)7-8-14/h4-6,9H,7-8H2,1-3H3,(H,15,18). The second-order valence-corrected chi connectivity index (χ2v) is 5.97. The van der Waals surface area contributed by atoms with Crippen LogP contribution in [0.5, 0.6) is 5.75 Å². The van der Waals surface area contributed by atoms with Crippen LogP contribution in [0.15, 0.2) is 18.2 Å². The molecular weight excluding hydrogens is 244 g/mol. The minimum absolute atomic E-state index is 0.164. The van der Waals surface area contributed by atoms with Crippen LogP contribution in [0.3, 0.4) is 0 Å². The molecule has 0 saturated heterocycles. The van der Waals surface area contributed by atoms with E-state index < -0.39 is 0 Å². The molecule has 1 aromatic heterocycles. The Kier molecular flexibility index (Phi) is 2.52. The molecule has 1 heterocycles. The van der Waals surface area contributed by atoms with Crippen molar-refractivity contribution in [2.75, 3.05) is 0 Å². The number of hydrogen-bond donors (Lipinski definition) is 1. The number of aromatic amines is 1. The van der Waals surface area contributed by atoms with Crippen molar-refractivity contribution in [1.82, 2.24) is 9.55 Å². The van der Waals surface area contributed by atoms with Crippen LogP contribution in [0.25, 0.3) is 11.0 Å². The Morgan fingerprint density at radius 1 is 1.39 bits per heavy atom. The first-order valence-electron chi connectivity index (χ1n) is 6.42. The fourth-order valence-corrected chi connectivity index (χ4v) is 2.82. The summed E-state index contributed by atoms with van der Waals surface area (Å²) >= 11 is 5.47. The molecule has 0 aliphatic heterocycles. The van der Waals surface area contributed by atoms with Crippen LogP contribution in [0.2, 0.25) is 0 Å². The molecule has 1 N–H and O–H groups in total. The fraction of sp³-hybridized carbons (Fsp3) is 0.500. The van der Waals surface area contributed by atoms with E-state index in [0.29, 0.717) is 0 Å². The molecule has 18 heavy (non-hydrogen) atoms. The number of imidazole rings is 1. The molecule has 0 spiro atoms. The van der Waals surface area contributed by atoms with E-state index in [1.165, 1.54) is 12.8 Å². The summed E-state index contributed by atoms with van der Waals surface area (Å²) in [7, 11) is 0. The molecule has 0 atom stereocenters. The predicted molar refractivity (Wildman–Crippen MR) is 75.8 cm³/mol. The average molecular weight is 262 g/mol. The third-order valence-electron chi connectivity index (χ3n) is 3.56. The van der Waals surface area contributed by atoms with Gasteiger partial charge < -0.3 is 14.3 Å². The second-order valence-electron chi connectivity index (χ2n) is 5.58. The van der Waals surface area contributed by atoms with Gasteiger partial charge in [0.1, 0.15) is 11.3 Å². The van der Waals surface area contributed by atoms with Crippen LogP contribution < -0.4 is 4.74 Å². The van der Waals surface area contributed by atoms with Gasteiger partial charge in [-0.3, -0.25) is 0 Å². The molecule has 1 aliphatic rings. The number of rotatable bonds is 3. The number of aromatic nitrogens is 2. The van der Waals surface area contributed by atoms with E-state index in [4.69, 9.17) is 17.0 Å². The van der Waals surface area contributed by atoms with Crippen molar-refractivity contribution in [2.24, 2.45) is 0 Å². The van der Waals surface area contributed by atoms with Gasteiger partial charge in [-0.1, -0.05) is 6.07 Å². The molecule has 96 valence electrons. The molecule has 1 aliphatic carbocycles. The Morgan fingerprint density at radius 3 is 2.72 bits per heavy atom. The first kappa shape index (κ1) is 11.8. The van der Waals surface area contributed by atoms with Gasteiger partial charge >= 0.3 is 0 Å². The van der Waals surface area contributed by atoms with E-state index in [1.54, 1.807) is 0 Å². The minimum Gasteiger partial charge on any atom is -0.489 e. The van der Waals surface area contributed by atoms with E-state index in [-0.39, 0.29) is 11.6 Å². The van der Waals surface area contributed by atoms with Gasteiger partial charge in [-0.15, -0.1) is 0 Å². The third kappa shape index (κ3) is 1.75. The van der Waals surface area contributed by atoms with Crippen molar-refractivity contribution in [3.05, 3.63) is 23.0 Å². The fourth-order valence-electron chi connectivity index (χ4n) is 2.40. The zero-order chi connectivity index (χ0) is 12.9. The molecule has 0 unspecified atom stereocenters. The van der Waals surface area contributed by atoms with Gasteiger partial charge in [0.05, 0.1) is 11.6 Å². The summed E-state index contributed by atoms with van der Waals surface area (Å²) in [4.78, 5) is 3.30. The highest BCUT2D eigenvalue weighted by molar-refractivity contribution is 7.71. The highest BCUT2D eigenvalue weighted by Gasteiger charge is 2.41. The average Bonchev–Trinajstić information content (AvgIpc) is 2.90. The smallest absolute Gasteiger partial charge is 0.178 e. The maximum absolute atomic E-state index is 5.84. The Balaban J connectivity index is 2.22. The van der Waals surface area contributed by atoms with Crippen molar-refractivity contribution in [3.8, 4) is 5.75 Å². The molecule has 1 saturated carbocycles. The number of fused-ring (bicyclic) bond motifs is 1. The zero-order valence-electron chi connectivity index (χ0n) is 11.0. The molecule has 0 amide bonds. The summed E-state index contributed by atoms with van der Waals surface area (Å²) in [5.41, 5.74) is 2.37. The lowest BCUT2D eigenvalue weighted by molar-refractivity contribution is 0.245. The van der Waals surface area contributed by atoms with E-state index in [0.717, 1.165) is 21.6 Å². The van der Waals surface area contributed by atoms with E-state index in [2.05, 4.69) is 22.5 Å². The van der Waals surface area contributed by atoms with Crippen molar-refractivity contribution >= 4 is 23.3 Å². The highest BCUT2D eigenvalue weighted by Crippen LogP contribution is 2.45. The number of H-pyrrole nitrogens is 1. The second kappa shape index (κ2) is 3.85. The molecule has 0 radical (unpaired) electrons. The largest absolute Gasteiger partial charge is 0.489 e. The number of nitrogens with zero attached hydrogens (tertiary/aromatic N) is 1. The van der Waals surface area contributed by atoms with Crippen LogP contribution in [-0.2, 0) is 5.54 Å². The lowest BCUT2D eigenvalue weighted by Gasteiger charge is -2.13. The van der Waals surface area contributed by atoms with E-state index in [1.807, 2.05) is 26.0 Å². The number of hydrogen-bond acceptors (Lipinski definition) is 2. The highest BCUT2D eigenvalue weighted by atomic mass is 32.1. The van der Waals surface area contributed by atoms with Gasteiger partial charge in [0.25, 0.3) is 0 Å². The first-order valence-corrected chi connectivity index (χ1v) is 6.83. The van der Waals surface area contributed by atoms with Gasteiger partial charge in [-0.25, -0.2) is 0 Å². The van der Waals surface area contributed by atoms with Gasteiger partial charge in [-0.2, -0.15) is 0 Å². The van der Waals surface area contributed by atoms with Gasteiger partial charge in [0.15, 0.2) is 4.77 Å². The molecule has 2 aromatic rings. The normalized spacial score (nSPS) is 17.3. The third-order valence-corrected chi connectivity index (χ3v) is 3.84. The van der Waals surface area contributed by atoms with Crippen LogP contribution >= 0.6 is 12.2 Å². The number of ether oxygens (including phenoxy) is 1. The molecule has 4 heteroatoms. The Bertz CT molecular complexity index is 649. The summed E-state index contributed by atoms with van der Waals surface area (Å²) in [6.45, 7) is 6.32. The van der Waals surface area contributed by atoms with E-state index in [9.17, 15) is 0 Å². The molecule has 3 nitrogen and oxygen atoms in total. The minimum atomic E-state index is 0.164. The predicted octanol–water partition coefficient (Wildman–Crippen LogP) is 4.00. The monoisotopic (exact) mass is 262 g/mol. The maximum atomic E-state index is 5.84. The summed E-state index contributed by atoms with van der Waals surface area (Å²) in [5, 5.41) is 0. The van der Waals surface area contributed by atoms with Gasteiger partial charge in [0, 0.05) is 5.54 Å². The number of nitrogens with one attached hydrogen (secondary N) is 1. The zero-order valence-corrected chi connectivity index (χ0v) is 11.8. The van der Waals surface area contributed by atoms with Crippen molar-refractivity contribution in [2.45, 2.75) is 45.3 Å². The van der Waals surface area contributed by atoms with Crippen LogP contribution in [0, 0.1) is 4.77 Å². The quantitative estimate of drug-likeness (QED) is 0.847. The van der Waals surface area contributed by atoms with Gasteiger partial charge in [0.2, 0.25) is 0 Å². The van der Waals surface area contributed by atoms with Crippen molar-refractivity contribution < 1.29 is 4.74 Å². The van der Waals surface area contributed by atoms with Gasteiger partial charge in [-0.05, 0) is 58.0 Å². The molecule has 0 bridgehead atoms. The first-order chi connectivity index (χ1) is 8.51. The summed E-state index contributed by atoms with van der Waals surface area (Å²) < 4.78 is 8.88. The lowest BCUT2D eigenvalue weighted by Crippen LogP contribution is -2.12. The summed E-state index contributed by atoms with van der Waals surface area (Å²) in [6, 6.07) is 6.14.